The summed E-state index contributed by atoms with van der Waals surface area (Å²) in [5, 5.41) is 10.4. The molecule has 1 aromatic heterocycles. The molecule has 31 heavy (non-hydrogen) atoms. The van der Waals surface area contributed by atoms with Gasteiger partial charge in [-0.3, -0.25) is 14.3 Å². The zero-order chi connectivity index (χ0) is 22.1. The molecule has 0 fully saturated rings. The first-order chi connectivity index (χ1) is 14.9. The van der Waals surface area contributed by atoms with Gasteiger partial charge in [0.1, 0.15) is 17.6 Å². The van der Waals surface area contributed by atoms with E-state index in [-0.39, 0.29) is 17.7 Å². The van der Waals surface area contributed by atoms with Crippen LogP contribution in [0.25, 0.3) is 0 Å². The Morgan fingerprint density at radius 2 is 1.94 bits per heavy atom. The van der Waals surface area contributed by atoms with Crippen molar-refractivity contribution in [1.82, 2.24) is 15.1 Å². The lowest BCUT2D eigenvalue weighted by Crippen LogP contribution is -2.50. The second kappa shape index (κ2) is 8.26. The van der Waals surface area contributed by atoms with Crippen LogP contribution in [0.5, 0.6) is 5.75 Å². The smallest absolute Gasteiger partial charge is 0.251 e. The molecular formula is C24H26N4O3. The van der Waals surface area contributed by atoms with E-state index in [0.29, 0.717) is 18.0 Å². The molecule has 0 saturated carbocycles. The summed E-state index contributed by atoms with van der Waals surface area (Å²) in [6.07, 6.45) is 0. The summed E-state index contributed by atoms with van der Waals surface area (Å²) in [6, 6.07) is 14.2. The minimum absolute atomic E-state index is 0.268. The number of nitrogens with zero attached hydrogens (tertiary/aromatic N) is 2. The van der Waals surface area contributed by atoms with E-state index in [9.17, 15) is 9.59 Å². The van der Waals surface area contributed by atoms with E-state index in [1.807, 2.05) is 63.2 Å². The van der Waals surface area contributed by atoms with Gasteiger partial charge in [-0.2, -0.15) is 5.10 Å². The van der Waals surface area contributed by atoms with Crippen LogP contribution in [0.4, 0.5) is 5.82 Å². The normalized spacial score (nSPS) is 17.6. The van der Waals surface area contributed by atoms with Gasteiger partial charge in [0, 0.05) is 24.1 Å². The Balaban J connectivity index is 1.75. The molecule has 7 nitrogen and oxygen atoms in total. The van der Waals surface area contributed by atoms with Crippen LogP contribution in [-0.2, 0) is 11.8 Å². The van der Waals surface area contributed by atoms with Crippen LogP contribution in [0.1, 0.15) is 45.6 Å². The lowest BCUT2D eigenvalue weighted by atomic mass is 9.82. The van der Waals surface area contributed by atoms with E-state index in [0.717, 1.165) is 28.1 Å². The van der Waals surface area contributed by atoms with Crippen molar-refractivity contribution < 1.29 is 14.3 Å². The van der Waals surface area contributed by atoms with Crippen LogP contribution in [0.3, 0.4) is 0 Å². The molecule has 2 aromatic carbocycles. The summed E-state index contributed by atoms with van der Waals surface area (Å²) < 4.78 is 7.23. The van der Waals surface area contributed by atoms with E-state index in [4.69, 9.17) is 4.74 Å². The third-order valence-electron chi connectivity index (χ3n) is 5.55. The largest absolute Gasteiger partial charge is 0.494 e. The second-order valence-electron chi connectivity index (χ2n) is 7.76. The summed E-state index contributed by atoms with van der Waals surface area (Å²) in [6.45, 7) is 6.35. The van der Waals surface area contributed by atoms with Gasteiger partial charge in [0.15, 0.2) is 0 Å². The van der Waals surface area contributed by atoms with Crippen molar-refractivity contribution >= 4 is 17.6 Å². The quantitative estimate of drug-likeness (QED) is 0.666. The standard InChI is InChI=1S/C24H26N4O3/c1-5-31-18-11-9-16(10-12-18)20-19-15(3)27-28(4)22(19)26-24(30)21(20)25-23(29)17-8-6-7-14(2)13-17/h6-13,20-21H,5H2,1-4H3,(H,25,29)(H,26,30)/t20-,21-/m1/s1. The Labute approximate surface area is 181 Å². The predicted molar refractivity (Wildman–Crippen MR) is 118 cm³/mol. The molecule has 7 heteroatoms. The van der Waals surface area contributed by atoms with Crippen molar-refractivity contribution in [3.63, 3.8) is 0 Å². The molecule has 160 valence electrons. The Morgan fingerprint density at radius 1 is 1.19 bits per heavy atom. The van der Waals surface area contributed by atoms with Crippen LogP contribution in [0.15, 0.2) is 48.5 Å². The molecule has 0 spiro atoms. The number of anilines is 1. The third kappa shape index (κ3) is 3.91. The molecule has 0 saturated heterocycles. The fourth-order valence-electron chi connectivity index (χ4n) is 4.16. The molecule has 3 aromatic rings. The summed E-state index contributed by atoms with van der Waals surface area (Å²) in [5.74, 6) is 0.486. The first-order valence-corrected chi connectivity index (χ1v) is 10.3. The SMILES string of the molecule is CCOc1ccc([C@@H]2c3c(C)nn(C)c3NC(=O)[C@@H]2NC(=O)c2cccc(C)c2)cc1. The van der Waals surface area contributed by atoms with Crippen molar-refractivity contribution in [2.24, 2.45) is 7.05 Å². The fraction of sp³-hybridized carbons (Fsp3) is 0.292. The van der Waals surface area contributed by atoms with Crippen molar-refractivity contribution in [2.45, 2.75) is 32.7 Å². The number of ether oxygens (including phenoxy) is 1. The molecule has 1 aliphatic heterocycles. The zero-order valence-corrected chi connectivity index (χ0v) is 18.1. The van der Waals surface area contributed by atoms with Crippen LogP contribution >= 0.6 is 0 Å². The molecular weight excluding hydrogens is 392 g/mol. The van der Waals surface area contributed by atoms with E-state index < -0.39 is 6.04 Å². The van der Waals surface area contributed by atoms with Gasteiger partial charge in [0.2, 0.25) is 5.91 Å². The number of carbonyl (C=O) groups is 2. The lowest BCUT2D eigenvalue weighted by Gasteiger charge is -2.32. The van der Waals surface area contributed by atoms with E-state index in [2.05, 4.69) is 15.7 Å². The molecule has 1 aliphatic rings. The summed E-state index contributed by atoms with van der Waals surface area (Å²) in [7, 11) is 1.80. The van der Waals surface area contributed by atoms with Crippen molar-refractivity contribution in [1.29, 1.82) is 0 Å². The molecule has 2 amide bonds. The summed E-state index contributed by atoms with van der Waals surface area (Å²) in [4.78, 5) is 26.1. The van der Waals surface area contributed by atoms with E-state index >= 15 is 0 Å². The topological polar surface area (TPSA) is 85.2 Å². The molecule has 4 rings (SSSR count). The first kappa shape index (κ1) is 20.7. The van der Waals surface area contributed by atoms with Gasteiger partial charge in [0.05, 0.1) is 12.3 Å². The van der Waals surface area contributed by atoms with E-state index in [1.54, 1.807) is 17.8 Å². The average Bonchev–Trinajstić information content (AvgIpc) is 3.02. The van der Waals surface area contributed by atoms with Crippen LogP contribution in [0.2, 0.25) is 0 Å². The minimum atomic E-state index is -0.777. The molecule has 0 aliphatic carbocycles. The van der Waals surface area contributed by atoms with Crippen molar-refractivity contribution in [2.75, 3.05) is 11.9 Å². The van der Waals surface area contributed by atoms with Crippen molar-refractivity contribution in [3.8, 4) is 5.75 Å². The minimum Gasteiger partial charge on any atom is -0.494 e. The van der Waals surface area contributed by atoms with Gasteiger partial charge >= 0.3 is 0 Å². The Hall–Kier alpha value is -3.61. The Morgan fingerprint density at radius 3 is 2.61 bits per heavy atom. The maximum atomic E-state index is 13.1. The number of hydrogen-bond acceptors (Lipinski definition) is 4. The van der Waals surface area contributed by atoms with Gasteiger partial charge in [-0.15, -0.1) is 0 Å². The van der Waals surface area contributed by atoms with Gasteiger partial charge < -0.3 is 15.4 Å². The predicted octanol–water partition coefficient (Wildman–Crippen LogP) is 3.32. The average molecular weight is 418 g/mol. The monoisotopic (exact) mass is 418 g/mol. The molecule has 2 atom stereocenters. The Bertz CT molecular complexity index is 1130. The van der Waals surface area contributed by atoms with Gasteiger partial charge in [0.25, 0.3) is 5.91 Å². The highest BCUT2D eigenvalue weighted by Crippen LogP contribution is 2.39. The maximum absolute atomic E-state index is 13.1. The highest BCUT2D eigenvalue weighted by atomic mass is 16.5. The maximum Gasteiger partial charge on any atom is 0.251 e. The number of aryl methyl sites for hydroxylation is 3. The number of carbonyl (C=O) groups excluding carboxylic acids is 2. The highest BCUT2D eigenvalue weighted by Gasteiger charge is 2.41. The van der Waals surface area contributed by atoms with Gasteiger partial charge in [-0.1, -0.05) is 29.8 Å². The number of rotatable bonds is 5. The van der Waals surface area contributed by atoms with Crippen LogP contribution in [-0.4, -0.2) is 34.2 Å². The fourth-order valence-corrected chi connectivity index (χ4v) is 4.16. The zero-order valence-electron chi connectivity index (χ0n) is 18.1. The number of benzene rings is 2. The number of aromatic nitrogens is 2. The summed E-state index contributed by atoms with van der Waals surface area (Å²) >= 11 is 0. The van der Waals surface area contributed by atoms with Crippen molar-refractivity contribution in [3.05, 3.63) is 76.5 Å². The molecule has 2 heterocycles. The van der Waals surface area contributed by atoms with Gasteiger partial charge in [-0.05, 0) is 50.6 Å². The molecule has 0 radical (unpaired) electrons. The molecule has 0 bridgehead atoms. The lowest BCUT2D eigenvalue weighted by molar-refractivity contribution is -0.118. The summed E-state index contributed by atoms with van der Waals surface area (Å²) in [5.41, 5.74) is 4.12. The number of fused-ring (bicyclic) bond motifs is 1. The number of amides is 2. The number of nitrogens with one attached hydrogen (secondary N) is 2. The number of hydrogen-bond donors (Lipinski definition) is 2. The van der Waals surface area contributed by atoms with Gasteiger partial charge in [-0.25, -0.2) is 0 Å². The van der Waals surface area contributed by atoms with E-state index in [1.165, 1.54) is 0 Å². The van der Waals surface area contributed by atoms with Crippen LogP contribution < -0.4 is 15.4 Å². The van der Waals surface area contributed by atoms with Crippen LogP contribution in [0, 0.1) is 13.8 Å². The molecule has 0 unspecified atom stereocenters. The Kier molecular flexibility index (Phi) is 5.50. The molecule has 2 N–H and O–H groups in total. The first-order valence-electron chi connectivity index (χ1n) is 10.3. The third-order valence-corrected chi connectivity index (χ3v) is 5.55. The second-order valence-corrected chi connectivity index (χ2v) is 7.76. The highest BCUT2D eigenvalue weighted by molar-refractivity contribution is 6.04.